The SMILES string of the molecule is [Cu].[Ni].[Ti].[W]. The number of rotatable bonds is 0. The molecule has 0 rings (SSSR count). The molecule has 1 radical (unpaired) electrons. The van der Waals surface area contributed by atoms with Gasteiger partial charge in [-0.05, 0) is 0 Å². The molecule has 0 aliphatic rings. The van der Waals surface area contributed by atoms with E-state index in [0.29, 0.717) is 0 Å². The largest absolute Gasteiger partial charge is 0 e. The quantitative estimate of drug-likeness (QED) is 0.537. The van der Waals surface area contributed by atoms with Crippen LogP contribution in [0.4, 0.5) is 0 Å². The van der Waals surface area contributed by atoms with E-state index in [1.807, 2.05) is 0 Å². The van der Waals surface area contributed by atoms with Crippen LogP contribution in [0.15, 0.2) is 0 Å². The second-order valence-electron chi connectivity index (χ2n) is 0. The summed E-state index contributed by atoms with van der Waals surface area (Å²) in [6, 6.07) is 0. The molecule has 0 aliphatic carbocycles. The predicted octanol–water partition coefficient (Wildman–Crippen LogP) is -0.0100. The van der Waals surface area contributed by atoms with Gasteiger partial charge in [0.25, 0.3) is 0 Å². The van der Waals surface area contributed by atoms with Crippen molar-refractivity contribution in [2.24, 2.45) is 0 Å². The van der Waals surface area contributed by atoms with Gasteiger partial charge in [0, 0.05) is 76.3 Å². The van der Waals surface area contributed by atoms with E-state index in [9.17, 15) is 0 Å². The number of hydrogen-bond acceptors (Lipinski definition) is 0. The average molecular weight is 354 g/mol. The molecule has 0 spiro atoms. The van der Waals surface area contributed by atoms with E-state index in [-0.39, 0.29) is 76.3 Å². The molecule has 31 valence electrons. The van der Waals surface area contributed by atoms with Crippen LogP contribution in [-0.2, 0) is 76.3 Å². The molecule has 0 atom stereocenters. The standard InChI is InChI=1S/Cu.Ni.Ti.W. The second kappa shape index (κ2) is 18.1. The smallest absolute Gasteiger partial charge is 0 e. The third-order valence-corrected chi connectivity index (χ3v) is 0. The van der Waals surface area contributed by atoms with E-state index in [2.05, 4.69) is 0 Å². The second-order valence-corrected chi connectivity index (χ2v) is 0. The van der Waals surface area contributed by atoms with Crippen LogP contribution < -0.4 is 0 Å². The monoisotopic (exact) mass is 353 g/mol. The Balaban J connectivity index is 0. The summed E-state index contributed by atoms with van der Waals surface area (Å²) in [7, 11) is 0. The molecule has 0 unspecified atom stereocenters. The van der Waals surface area contributed by atoms with E-state index in [4.69, 9.17) is 0 Å². The summed E-state index contributed by atoms with van der Waals surface area (Å²) in [5.41, 5.74) is 0. The molecule has 0 aromatic heterocycles. The third kappa shape index (κ3) is 8.83. The molecule has 0 fully saturated rings. The Labute approximate surface area is 75.4 Å². The fourth-order valence-electron chi connectivity index (χ4n) is 0. The van der Waals surface area contributed by atoms with Gasteiger partial charge in [-0.1, -0.05) is 0 Å². The molecule has 0 heterocycles. The summed E-state index contributed by atoms with van der Waals surface area (Å²) in [5, 5.41) is 0. The zero-order valence-electron chi connectivity index (χ0n) is 1.53. The first kappa shape index (κ1) is 32.2. The Bertz CT molecular complexity index is 8.00. The van der Waals surface area contributed by atoms with Crippen molar-refractivity contribution in [2.45, 2.75) is 0 Å². The zero-order valence-corrected chi connectivity index (χ0v) is 7.95. The molecule has 0 saturated heterocycles. The van der Waals surface area contributed by atoms with E-state index in [1.54, 1.807) is 0 Å². The van der Waals surface area contributed by atoms with Crippen LogP contribution in [0.25, 0.3) is 0 Å². The maximum Gasteiger partial charge on any atom is 0 e. The maximum atomic E-state index is 0. The molecule has 0 aromatic rings. The summed E-state index contributed by atoms with van der Waals surface area (Å²) in [6.45, 7) is 0. The first-order valence-corrected chi connectivity index (χ1v) is 0. The van der Waals surface area contributed by atoms with Crippen molar-refractivity contribution in [3.63, 3.8) is 0 Å². The summed E-state index contributed by atoms with van der Waals surface area (Å²) in [6.07, 6.45) is 0. The van der Waals surface area contributed by atoms with Crippen molar-refractivity contribution in [3.05, 3.63) is 0 Å². The molecule has 0 nitrogen and oxygen atoms in total. The normalized spacial score (nSPS) is 0. The van der Waals surface area contributed by atoms with Gasteiger partial charge in [0.2, 0.25) is 0 Å². The van der Waals surface area contributed by atoms with Crippen LogP contribution in [0, 0.1) is 0 Å². The topological polar surface area (TPSA) is 0 Å². The average Bonchev–Trinajstić information content (AvgIpc) is 0. The molecule has 0 aromatic carbocycles. The van der Waals surface area contributed by atoms with Gasteiger partial charge in [-0.2, -0.15) is 0 Å². The van der Waals surface area contributed by atoms with Gasteiger partial charge in [0.05, 0.1) is 0 Å². The van der Waals surface area contributed by atoms with Gasteiger partial charge in [0.1, 0.15) is 0 Å². The van der Waals surface area contributed by atoms with E-state index >= 15 is 0 Å². The van der Waals surface area contributed by atoms with Crippen molar-refractivity contribution >= 4 is 0 Å². The molecule has 4 heteroatoms. The fraction of sp³-hybridized carbons (Fsp3) is 0. The van der Waals surface area contributed by atoms with Gasteiger partial charge in [-0.15, -0.1) is 0 Å². The molecule has 0 saturated carbocycles. The van der Waals surface area contributed by atoms with Crippen LogP contribution in [-0.4, -0.2) is 0 Å². The fourth-order valence-corrected chi connectivity index (χ4v) is 0. The Morgan fingerprint density at radius 1 is 1.00 bits per heavy atom. The Hall–Kier alpha value is 2.42. The summed E-state index contributed by atoms with van der Waals surface area (Å²) in [5.74, 6) is 0. The molecule has 0 N–H and O–H groups in total. The van der Waals surface area contributed by atoms with Crippen molar-refractivity contribution < 1.29 is 76.3 Å². The van der Waals surface area contributed by atoms with E-state index < -0.39 is 0 Å². The predicted molar refractivity (Wildman–Crippen MR) is 0 cm³/mol. The van der Waals surface area contributed by atoms with Crippen molar-refractivity contribution in [2.75, 3.05) is 0 Å². The van der Waals surface area contributed by atoms with Gasteiger partial charge in [-0.3, -0.25) is 0 Å². The zero-order chi connectivity index (χ0) is 0. The summed E-state index contributed by atoms with van der Waals surface area (Å²) >= 11 is 0. The maximum absolute atomic E-state index is 0. The minimum atomic E-state index is 0. The molecular weight excluding hydrogens is 354 g/mol. The first-order chi connectivity index (χ1) is 0. The van der Waals surface area contributed by atoms with E-state index in [1.165, 1.54) is 0 Å². The van der Waals surface area contributed by atoms with Crippen molar-refractivity contribution in [3.8, 4) is 0 Å². The third-order valence-electron chi connectivity index (χ3n) is 0. The van der Waals surface area contributed by atoms with Crippen LogP contribution in [0.3, 0.4) is 0 Å². The first-order valence-electron chi connectivity index (χ1n) is 0. The molecule has 0 amide bonds. The summed E-state index contributed by atoms with van der Waals surface area (Å²) in [4.78, 5) is 0. The Morgan fingerprint density at radius 2 is 1.00 bits per heavy atom. The summed E-state index contributed by atoms with van der Waals surface area (Å²) < 4.78 is 0. The van der Waals surface area contributed by atoms with Gasteiger partial charge in [0.15, 0.2) is 0 Å². The van der Waals surface area contributed by atoms with Gasteiger partial charge >= 0.3 is 0 Å². The van der Waals surface area contributed by atoms with Crippen LogP contribution in [0.1, 0.15) is 0 Å². The van der Waals surface area contributed by atoms with Crippen LogP contribution in [0.5, 0.6) is 0 Å². The van der Waals surface area contributed by atoms with Crippen LogP contribution in [0.2, 0.25) is 0 Å². The molecule has 0 aliphatic heterocycles. The van der Waals surface area contributed by atoms with Crippen molar-refractivity contribution in [1.82, 2.24) is 0 Å². The minimum absolute atomic E-state index is 0. The van der Waals surface area contributed by atoms with Gasteiger partial charge in [-0.25, -0.2) is 0 Å². The molecule has 4 heavy (non-hydrogen) atoms. The minimum Gasteiger partial charge on any atom is 0 e. The molecule has 0 bridgehead atoms. The Morgan fingerprint density at radius 3 is 1.00 bits per heavy atom. The van der Waals surface area contributed by atoms with Crippen LogP contribution >= 0.6 is 0 Å². The molecular formula is CuNiTiW. The van der Waals surface area contributed by atoms with Gasteiger partial charge < -0.3 is 0 Å². The van der Waals surface area contributed by atoms with E-state index in [0.717, 1.165) is 0 Å². The number of hydrogen-bond donors (Lipinski definition) is 0. The Kier molecular flexibility index (Phi) is 146. The van der Waals surface area contributed by atoms with Crippen molar-refractivity contribution in [1.29, 1.82) is 0 Å².